The van der Waals surface area contributed by atoms with E-state index in [9.17, 15) is 27.9 Å². The van der Waals surface area contributed by atoms with Gasteiger partial charge in [0.15, 0.2) is 0 Å². The molecule has 110 valence electrons. The van der Waals surface area contributed by atoms with E-state index in [1.807, 2.05) is 0 Å². The van der Waals surface area contributed by atoms with E-state index in [4.69, 9.17) is 0 Å². The van der Waals surface area contributed by atoms with Crippen LogP contribution in [0.1, 0.15) is 38.5 Å². The predicted molar refractivity (Wildman–Crippen MR) is 61.5 cm³/mol. The molecule has 0 aromatic rings. The maximum Gasteiger partial charge on any atom is 0.390 e. The molecule has 0 atom stereocenters. The number of halogens is 3. The summed E-state index contributed by atoms with van der Waals surface area (Å²) in [4.78, 5) is 24.0. The standard InChI is InChI=1S/C12H18F3NO3/c1-16(7-6-12(13,14)15)9(17)8-11(10(18)19)4-2-3-5-11/h2-8H2,1H3,(H,18,19). The fourth-order valence-corrected chi connectivity index (χ4v) is 2.36. The van der Waals surface area contributed by atoms with Gasteiger partial charge >= 0.3 is 12.1 Å². The van der Waals surface area contributed by atoms with Crippen LogP contribution >= 0.6 is 0 Å². The van der Waals surface area contributed by atoms with E-state index in [1.54, 1.807) is 0 Å². The summed E-state index contributed by atoms with van der Waals surface area (Å²) in [6.45, 7) is -0.433. The van der Waals surface area contributed by atoms with Crippen molar-refractivity contribution in [2.75, 3.05) is 13.6 Å². The molecule has 1 N–H and O–H groups in total. The molecule has 0 heterocycles. The zero-order valence-electron chi connectivity index (χ0n) is 10.8. The van der Waals surface area contributed by atoms with E-state index in [0.717, 1.165) is 17.7 Å². The SMILES string of the molecule is CN(CCC(F)(F)F)C(=O)CC1(C(=O)O)CCCC1. The number of amides is 1. The second-order valence-corrected chi connectivity index (χ2v) is 5.15. The van der Waals surface area contributed by atoms with Crippen LogP contribution in [-0.2, 0) is 9.59 Å². The number of carbonyl (C=O) groups excluding carboxylic acids is 1. The Morgan fingerprint density at radius 3 is 2.21 bits per heavy atom. The first kappa shape index (κ1) is 15.8. The van der Waals surface area contributed by atoms with Crippen LogP contribution in [0.4, 0.5) is 13.2 Å². The fraction of sp³-hybridized carbons (Fsp3) is 0.833. The summed E-state index contributed by atoms with van der Waals surface area (Å²) < 4.78 is 36.2. The number of rotatable bonds is 5. The maximum atomic E-state index is 12.1. The van der Waals surface area contributed by atoms with Gasteiger partial charge in [0.25, 0.3) is 0 Å². The molecule has 0 saturated heterocycles. The fourth-order valence-electron chi connectivity index (χ4n) is 2.36. The average Bonchev–Trinajstić information content (AvgIpc) is 2.74. The Morgan fingerprint density at radius 2 is 1.79 bits per heavy atom. The molecule has 1 saturated carbocycles. The van der Waals surface area contributed by atoms with Gasteiger partial charge < -0.3 is 10.0 Å². The molecule has 19 heavy (non-hydrogen) atoms. The van der Waals surface area contributed by atoms with Gasteiger partial charge in [0.05, 0.1) is 11.8 Å². The van der Waals surface area contributed by atoms with E-state index < -0.39 is 36.4 Å². The summed E-state index contributed by atoms with van der Waals surface area (Å²) in [5, 5.41) is 9.20. The molecular weight excluding hydrogens is 263 g/mol. The second kappa shape index (κ2) is 5.79. The molecule has 1 fully saturated rings. The highest BCUT2D eigenvalue weighted by Gasteiger charge is 2.43. The van der Waals surface area contributed by atoms with Gasteiger partial charge in [-0.2, -0.15) is 13.2 Å². The van der Waals surface area contributed by atoms with Crippen molar-refractivity contribution >= 4 is 11.9 Å². The molecule has 7 heteroatoms. The largest absolute Gasteiger partial charge is 0.481 e. The molecule has 1 amide bonds. The molecule has 0 bridgehead atoms. The first-order valence-corrected chi connectivity index (χ1v) is 6.20. The molecule has 0 spiro atoms. The van der Waals surface area contributed by atoms with Crippen molar-refractivity contribution in [1.82, 2.24) is 4.90 Å². The topological polar surface area (TPSA) is 57.6 Å². The second-order valence-electron chi connectivity index (χ2n) is 5.15. The lowest BCUT2D eigenvalue weighted by Gasteiger charge is -2.26. The van der Waals surface area contributed by atoms with Gasteiger partial charge in [0.1, 0.15) is 0 Å². The van der Waals surface area contributed by atoms with Gasteiger partial charge in [-0.1, -0.05) is 12.8 Å². The third-order valence-corrected chi connectivity index (χ3v) is 3.66. The Bertz CT molecular complexity index is 349. The minimum Gasteiger partial charge on any atom is -0.481 e. The van der Waals surface area contributed by atoms with E-state index in [2.05, 4.69) is 0 Å². The maximum absolute atomic E-state index is 12.1. The van der Waals surface area contributed by atoms with Crippen LogP contribution in [0.25, 0.3) is 0 Å². The Hall–Kier alpha value is -1.27. The predicted octanol–water partition coefficient (Wildman–Crippen LogP) is 2.43. The number of alkyl halides is 3. The lowest BCUT2D eigenvalue weighted by Crippen LogP contribution is -2.38. The Kier molecular flexibility index (Phi) is 4.81. The monoisotopic (exact) mass is 281 g/mol. The van der Waals surface area contributed by atoms with Crippen LogP contribution in [0.3, 0.4) is 0 Å². The van der Waals surface area contributed by atoms with Crippen LogP contribution in [0, 0.1) is 5.41 Å². The number of hydrogen-bond donors (Lipinski definition) is 1. The van der Waals surface area contributed by atoms with Crippen molar-refractivity contribution in [2.45, 2.75) is 44.7 Å². The van der Waals surface area contributed by atoms with Crippen molar-refractivity contribution < 1.29 is 27.9 Å². The molecule has 1 rings (SSSR count). The van der Waals surface area contributed by atoms with Crippen molar-refractivity contribution in [2.24, 2.45) is 5.41 Å². The summed E-state index contributed by atoms with van der Waals surface area (Å²) in [5.41, 5.74) is -1.08. The van der Waals surface area contributed by atoms with Gasteiger partial charge in [-0.3, -0.25) is 9.59 Å². The summed E-state index contributed by atoms with van der Waals surface area (Å²) in [5.74, 6) is -1.56. The first-order valence-electron chi connectivity index (χ1n) is 6.20. The normalized spacial score (nSPS) is 18.3. The summed E-state index contributed by atoms with van der Waals surface area (Å²) in [7, 11) is 1.28. The van der Waals surface area contributed by atoms with E-state index >= 15 is 0 Å². The highest BCUT2D eigenvalue weighted by Crippen LogP contribution is 2.41. The smallest absolute Gasteiger partial charge is 0.390 e. The minimum atomic E-state index is -4.31. The van der Waals surface area contributed by atoms with Crippen molar-refractivity contribution in [3.8, 4) is 0 Å². The number of nitrogens with zero attached hydrogens (tertiary/aromatic N) is 1. The molecule has 0 unspecified atom stereocenters. The Morgan fingerprint density at radius 1 is 1.26 bits per heavy atom. The minimum absolute atomic E-state index is 0.212. The molecule has 0 radical (unpaired) electrons. The van der Waals surface area contributed by atoms with Gasteiger partial charge in [-0.05, 0) is 12.8 Å². The molecule has 0 aromatic heterocycles. The molecular formula is C12H18F3NO3. The highest BCUT2D eigenvalue weighted by atomic mass is 19.4. The molecule has 0 aliphatic heterocycles. The van der Waals surface area contributed by atoms with Crippen molar-refractivity contribution in [1.29, 1.82) is 0 Å². The summed E-state index contributed by atoms with van der Waals surface area (Å²) >= 11 is 0. The molecule has 1 aliphatic rings. The molecule has 1 aliphatic carbocycles. The van der Waals surface area contributed by atoms with Crippen LogP contribution in [0.15, 0.2) is 0 Å². The summed E-state index contributed by atoms with van der Waals surface area (Å²) in [6, 6.07) is 0. The average molecular weight is 281 g/mol. The quantitative estimate of drug-likeness (QED) is 0.842. The van der Waals surface area contributed by atoms with Gasteiger partial charge in [-0.15, -0.1) is 0 Å². The molecule has 4 nitrogen and oxygen atoms in total. The number of carboxylic acids is 1. The van der Waals surface area contributed by atoms with Crippen LogP contribution in [0.5, 0.6) is 0 Å². The van der Waals surface area contributed by atoms with Crippen molar-refractivity contribution in [3.05, 3.63) is 0 Å². The van der Waals surface area contributed by atoms with Gasteiger partial charge in [0.2, 0.25) is 5.91 Å². The summed E-state index contributed by atoms with van der Waals surface area (Å²) in [6.07, 6.45) is -3.28. The van der Waals surface area contributed by atoms with Gasteiger partial charge in [-0.25, -0.2) is 0 Å². The van der Waals surface area contributed by atoms with Crippen LogP contribution < -0.4 is 0 Å². The zero-order chi connectivity index (χ0) is 14.7. The van der Waals surface area contributed by atoms with Crippen LogP contribution in [0.2, 0.25) is 0 Å². The number of carbonyl (C=O) groups is 2. The Balaban J connectivity index is 2.55. The van der Waals surface area contributed by atoms with E-state index in [-0.39, 0.29) is 6.42 Å². The van der Waals surface area contributed by atoms with Crippen LogP contribution in [-0.4, -0.2) is 41.7 Å². The lowest BCUT2D eigenvalue weighted by molar-refractivity contribution is -0.155. The first-order chi connectivity index (χ1) is 8.66. The number of aliphatic carboxylic acids is 1. The Labute approximate surface area is 109 Å². The third kappa shape index (κ3) is 4.40. The molecule has 0 aromatic carbocycles. The van der Waals surface area contributed by atoms with Crippen molar-refractivity contribution in [3.63, 3.8) is 0 Å². The highest BCUT2D eigenvalue weighted by molar-refractivity contribution is 5.85. The third-order valence-electron chi connectivity index (χ3n) is 3.66. The van der Waals surface area contributed by atoms with Gasteiger partial charge in [0, 0.05) is 20.0 Å². The zero-order valence-corrected chi connectivity index (χ0v) is 10.8. The van der Waals surface area contributed by atoms with E-state index in [1.165, 1.54) is 7.05 Å². The number of carboxylic acid groups (broad SMARTS) is 1. The lowest BCUT2D eigenvalue weighted by atomic mass is 9.82. The number of hydrogen-bond acceptors (Lipinski definition) is 2. The van der Waals surface area contributed by atoms with E-state index in [0.29, 0.717) is 12.8 Å².